The van der Waals surface area contributed by atoms with E-state index in [9.17, 15) is 4.79 Å². The van der Waals surface area contributed by atoms with Crippen LogP contribution in [-0.4, -0.2) is 26.2 Å². The van der Waals surface area contributed by atoms with Crippen LogP contribution in [0.1, 0.15) is 5.56 Å². The smallest absolute Gasteiger partial charge is 0.322 e. The minimum absolute atomic E-state index is 0.343. The van der Waals surface area contributed by atoms with Gasteiger partial charge in [0.1, 0.15) is 11.8 Å². The number of hydrogen-bond acceptors (Lipinski definition) is 4. The standard InChI is InChI=1S/C11H14ClNO3/c1-15-8-4-3-7(9(12)6-8)5-10(13)11(14)16-2/h3-4,6,10H,5,13H2,1-2H3/t10-/m0/s1. The summed E-state index contributed by atoms with van der Waals surface area (Å²) in [6.07, 6.45) is 0.343. The lowest BCUT2D eigenvalue weighted by molar-refractivity contribution is -0.142. The van der Waals surface area contributed by atoms with Gasteiger partial charge in [0.2, 0.25) is 0 Å². The molecule has 4 nitrogen and oxygen atoms in total. The quantitative estimate of drug-likeness (QED) is 0.812. The van der Waals surface area contributed by atoms with Crippen molar-refractivity contribution in [1.29, 1.82) is 0 Å². The Labute approximate surface area is 99.3 Å². The van der Waals surface area contributed by atoms with Gasteiger partial charge in [-0.1, -0.05) is 17.7 Å². The summed E-state index contributed by atoms with van der Waals surface area (Å²) in [5.41, 5.74) is 6.43. The summed E-state index contributed by atoms with van der Waals surface area (Å²) in [4.78, 5) is 11.1. The lowest BCUT2D eigenvalue weighted by Crippen LogP contribution is -2.33. The second-order valence-electron chi connectivity index (χ2n) is 3.29. The van der Waals surface area contributed by atoms with Crippen molar-refractivity contribution in [1.82, 2.24) is 0 Å². The first-order chi connectivity index (χ1) is 7.58. The Kier molecular flexibility index (Phi) is 4.58. The third-order valence-corrected chi connectivity index (χ3v) is 2.56. The summed E-state index contributed by atoms with van der Waals surface area (Å²) in [5.74, 6) is 0.215. The Morgan fingerprint density at radius 2 is 2.19 bits per heavy atom. The van der Waals surface area contributed by atoms with Gasteiger partial charge in [0.05, 0.1) is 14.2 Å². The Balaban J connectivity index is 2.78. The Morgan fingerprint density at radius 3 is 2.69 bits per heavy atom. The van der Waals surface area contributed by atoms with Crippen molar-refractivity contribution in [2.75, 3.05) is 14.2 Å². The molecule has 1 atom stereocenters. The van der Waals surface area contributed by atoms with E-state index >= 15 is 0 Å². The number of rotatable bonds is 4. The number of ether oxygens (including phenoxy) is 2. The van der Waals surface area contributed by atoms with Gasteiger partial charge in [-0.2, -0.15) is 0 Å². The molecule has 88 valence electrons. The van der Waals surface area contributed by atoms with Crippen molar-refractivity contribution in [3.63, 3.8) is 0 Å². The first-order valence-corrected chi connectivity index (χ1v) is 5.12. The monoisotopic (exact) mass is 243 g/mol. The molecule has 1 aromatic carbocycles. The highest BCUT2D eigenvalue weighted by Gasteiger charge is 2.15. The number of nitrogens with two attached hydrogens (primary N) is 1. The molecule has 0 aliphatic rings. The molecule has 2 N–H and O–H groups in total. The fourth-order valence-corrected chi connectivity index (χ4v) is 1.54. The van der Waals surface area contributed by atoms with Crippen molar-refractivity contribution in [2.45, 2.75) is 12.5 Å². The second-order valence-corrected chi connectivity index (χ2v) is 3.70. The van der Waals surface area contributed by atoms with Crippen LogP contribution >= 0.6 is 11.6 Å². The van der Waals surface area contributed by atoms with Gasteiger partial charge in [0, 0.05) is 5.02 Å². The summed E-state index contributed by atoms with van der Waals surface area (Å²) in [6, 6.07) is 4.53. The summed E-state index contributed by atoms with van der Waals surface area (Å²) in [5, 5.41) is 0.527. The Bertz CT molecular complexity index is 381. The maximum atomic E-state index is 11.1. The number of carbonyl (C=O) groups excluding carboxylic acids is 1. The van der Waals surface area contributed by atoms with Crippen LogP contribution in [0.25, 0.3) is 0 Å². The molecule has 0 heterocycles. The molecule has 0 aromatic heterocycles. The van der Waals surface area contributed by atoms with E-state index in [0.717, 1.165) is 5.56 Å². The highest BCUT2D eigenvalue weighted by Crippen LogP contribution is 2.23. The average molecular weight is 244 g/mol. The van der Waals surface area contributed by atoms with Crippen LogP contribution in [0.3, 0.4) is 0 Å². The molecule has 0 saturated carbocycles. The third-order valence-electron chi connectivity index (χ3n) is 2.20. The van der Waals surface area contributed by atoms with E-state index in [2.05, 4.69) is 4.74 Å². The zero-order chi connectivity index (χ0) is 12.1. The highest BCUT2D eigenvalue weighted by atomic mass is 35.5. The van der Waals surface area contributed by atoms with Crippen molar-refractivity contribution in [3.05, 3.63) is 28.8 Å². The molecule has 0 fully saturated rings. The van der Waals surface area contributed by atoms with Gasteiger partial charge >= 0.3 is 5.97 Å². The van der Waals surface area contributed by atoms with Gasteiger partial charge in [-0.3, -0.25) is 4.79 Å². The van der Waals surface area contributed by atoms with Crippen LogP contribution in [0.4, 0.5) is 0 Å². The van der Waals surface area contributed by atoms with Crippen molar-refractivity contribution in [2.24, 2.45) is 5.73 Å². The normalized spacial score (nSPS) is 12.0. The minimum Gasteiger partial charge on any atom is -0.497 e. The molecule has 0 aliphatic heterocycles. The molecule has 16 heavy (non-hydrogen) atoms. The van der Waals surface area contributed by atoms with Gasteiger partial charge in [0.15, 0.2) is 0 Å². The molecule has 0 bridgehead atoms. The van der Waals surface area contributed by atoms with Gasteiger partial charge in [-0.25, -0.2) is 0 Å². The average Bonchev–Trinajstić information content (AvgIpc) is 2.30. The van der Waals surface area contributed by atoms with Gasteiger partial charge in [0.25, 0.3) is 0 Å². The van der Waals surface area contributed by atoms with Gasteiger partial charge < -0.3 is 15.2 Å². The van der Waals surface area contributed by atoms with E-state index in [1.54, 1.807) is 25.3 Å². The summed E-state index contributed by atoms with van der Waals surface area (Å²) in [6.45, 7) is 0. The summed E-state index contributed by atoms with van der Waals surface area (Å²) >= 11 is 6.01. The van der Waals surface area contributed by atoms with E-state index in [1.807, 2.05) is 0 Å². The fraction of sp³-hybridized carbons (Fsp3) is 0.364. The van der Waals surface area contributed by atoms with Crippen LogP contribution < -0.4 is 10.5 Å². The maximum Gasteiger partial charge on any atom is 0.322 e. The van der Waals surface area contributed by atoms with Gasteiger partial charge in [-0.05, 0) is 24.1 Å². The lowest BCUT2D eigenvalue weighted by Gasteiger charge is -2.11. The number of methoxy groups -OCH3 is 2. The Hall–Kier alpha value is -1.26. The lowest BCUT2D eigenvalue weighted by atomic mass is 10.1. The third kappa shape index (κ3) is 3.12. The number of benzene rings is 1. The van der Waals surface area contributed by atoms with E-state index in [1.165, 1.54) is 7.11 Å². The van der Waals surface area contributed by atoms with Crippen LogP contribution in [0.15, 0.2) is 18.2 Å². The van der Waals surface area contributed by atoms with E-state index < -0.39 is 12.0 Å². The molecule has 0 radical (unpaired) electrons. The SMILES string of the molecule is COC(=O)[C@@H](N)Cc1ccc(OC)cc1Cl. The molecule has 0 spiro atoms. The minimum atomic E-state index is -0.698. The maximum absolute atomic E-state index is 11.1. The van der Waals surface area contributed by atoms with E-state index in [4.69, 9.17) is 22.1 Å². The first-order valence-electron chi connectivity index (χ1n) is 4.74. The second kappa shape index (κ2) is 5.72. The summed E-state index contributed by atoms with van der Waals surface area (Å²) in [7, 11) is 2.86. The molecule has 0 aliphatic carbocycles. The molecule has 0 unspecified atom stereocenters. The van der Waals surface area contributed by atoms with Crippen LogP contribution in [0.2, 0.25) is 5.02 Å². The predicted molar refractivity (Wildman–Crippen MR) is 61.7 cm³/mol. The number of esters is 1. The molecular formula is C11H14ClNO3. The molecular weight excluding hydrogens is 230 g/mol. The summed E-state index contributed by atoms with van der Waals surface area (Å²) < 4.78 is 9.55. The molecule has 5 heteroatoms. The fourth-order valence-electron chi connectivity index (χ4n) is 1.29. The van der Waals surface area contributed by atoms with E-state index in [-0.39, 0.29) is 0 Å². The molecule has 1 rings (SSSR count). The number of halogens is 1. The molecule has 0 saturated heterocycles. The highest BCUT2D eigenvalue weighted by molar-refractivity contribution is 6.31. The number of hydrogen-bond donors (Lipinski definition) is 1. The largest absolute Gasteiger partial charge is 0.497 e. The topological polar surface area (TPSA) is 61.5 Å². The molecule has 0 amide bonds. The van der Waals surface area contributed by atoms with Crippen molar-refractivity contribution < 1.29 is 14.3 Å². The Morgan fingerprint density at radius 1 is 1.50 bits per heavy atom. The van der Waals surface area contributed by atoms with E-state index in [0.29, 0.717) is 17.2 Å². The van der Waals surface area contributed by atoms with Crippen LogP contribution in [0.5, 0.6) is 5.75 Å². The first kappa shape index (κ1) is 12.8. The van der Waals surface area contributed by atoms with Crippen LogP contribution in [-0.2, 0) is 16.0 Å². The molecule has 1 aromatic rings. The predicted octanol–water partition coefficient (Wildman–Crippen LogP) is 1.39. The van der Waals surface area contributed by atoms with Crippen molar-refractivity contribution in [3.8, 4) is 5.75 Å². The van der Waals surface area contributed by atoms with Crippen LogP contribution in [0, 0.1) is 0 Å². The van der Waals surface area contributed by atoms with Gasteiger partial charge in [-0.15, -0.1) is 0 Å². The zero-order valence-electron chi connectivity index (χ0n) is 9.20. The number of carbonyl (C=O) groups is 1. The zero-order valence-corrected chi connectivity index (χ0v) is 9.95. The van der Waals surface area contributed by atoms with Crippen molar-refractivity contribution >= 4 is 17.6 Å².